The number of hydrogen-bond acceptors (Lipinski definition) is 2. The fraction of sp³-hybridized carbons (Fsp3) is 0.333. The van der Waals surface area contributed by atoms with E-state index in [1.807, 2.05) is 12.1 Å². The molecule has 5 heteroatoms. The molecule has 1 aliphatic carbocycles. The molecule has 0 bridgehead atoms. The molecule has 1 amide bonds. The minimum Gasteiger partial charge on any atom is -0.326 e. The zero-order valence-corrected chi connectivity index (χ0v) is 9.49. The third kappa shape index (κ3) is 1.73. The van der Waals surface area contributed by atoms with Crippen LogP contribution < -0.4 is 11.0 Å². The number of nitrogens with zero attached hydrogens (tertiary/aromatic N) is 1. The van der Waals surface area contributed by atoms with Crippen LogP contribution in [0.5, 0.6) is 0 Å². The van der Waals surface area contributed by atoms with Gasteiger partial charge in [-0.15, -0.1) is 0 Å². The molecule has 1 heterocycles. The molecule has 0 radical (unpaired) electrons. The summed E-state index contributed by atoms with van der Waals surface area (Å²) in [4.78, 5) is 25.7. The normalized spacial score (nSPS) is 15.1. The van der Waals surface area contributed by atoms with Crippen LogP contribution in [-0.4, -0.2) is 15.5 Å². The summed E-state index contributed by atoms with van der Waals surface area (Å²) in [6.45, 7) is 0. The standard InChI is InChI=1S/C12H13N3O2/c1-15-10-5-4-8(6-9(10)14-12(15)17)13-11(16)7-2-3-7/h4-7H,2-3H2,1H3,(H,13,16)(H,14,17). The Kier molecular flexibility index (Phi) is 2.07. The number of nitrogens with one attached hydrogen (secondary N) is 2. The molecule has 1 aromatic heterocycles. The molecule has 0 unspecified atom stereocenters. The Morgan fingerprint density at radius 2 is 2.24 bits per heavy atom. The molecule has 2 aromatic rings. The van der Waals surface area contributed by atoms with Crippen LogP contribution in [0.3, 0.4) is 0 Å². The second kappa shape index (κ2) is 3.48. The van der Waals surface area contributed by atoms with Crippen LogP contribution in [0.1, 0.15) is 12.8 Å². The van der Waals surface area contributed by atoms with Crippen LogP contribution in [-0.2, 0) is 11.8 Å². The average molecular weight is 231 g/mol. The van der Waals surface area contributed by atoms with Crippen molar-refractivity contribution in [2.45, 2.75) is 12.8 Å². The largest absolute Gasteiger partial charge is 0.326 e. The van der Waals surface area contributed by atoms with Gasteiger partial charge in [0.05, 0.1) is 11.0 Å². The van der Waals surface area contributed by atoms with Crippen molar-refractivity contribution < 1.29 is 4.79 Å². The Labute approximate surface area is 97.4 Å². The topological polar surface area (TPSA) is 66.9 Å². The number of hydrogen-bond donors (Lipinski definition) is 2. The number of aromatic amines is 1. The van der Waals surface area contributed by atoms with Crippen LogP contribution in [0, 0.1) is 5.92 Å². The summed E-state index contributed by atoms with van der Waals surface area (Å²) in [6, 6.07) is 5.43. The van der Waals surface area contributed by atoms with Gasteiger partial charge in [0.25, 0.3) is 0 Å². The van der Waals surface area contributed by atoms with E-state index in [4.69, 9.17) is 0 Å². The van der Waals surface area contributed by atoms with Crippen LogP contribution in [0.25, 0.3) is 11.0 Å². The predicted octanol–water partition coefficient (Wildman–Crippen LogP) is 1.22. The van der Waals surface area contributed by atoms with Crippen LogP contribution in [0.2, 0.25) is 0 Å². The first-order valence-corrected chi connectivity index (χ1v) is 5.65. The lowest BCUT2D eigenvalue weighted by Crippen LogP contribution is -2.13. The van der Waals surface area contributed by atoms with E-state index in [1.165, 1.54) is 0 Å². The lowest BCUT2D eigenvalue weighted by atomic mass is 10.2. The van der Waals surface area contributed by atoms with Crippen LogP contribution in [0.4, 0.5) is 5.69 Å². The van der Waals surface area contributed by atoms with Crippen molar-refractivity contribution in [3.63, 3.8) is 0 Å². The molecule has 0 atom stereocenters. The maximum Gasteiger partial charge on any atom is 0.326 e. The second-order valence-corrected chi connectivity index (χ2v) is 4.48. The molecule has 0 saturated heterocycles. The Bertz CT molecular complexity index is 649. The van der Waals surface area contributed by atoms with Crippen molar-refractivity contribution in [3.05, 3.63) is 28.7 Å². The first-order valence-electron chi connectivity index (χ1n) is 5.65. The molecule has 3 rings (SSSR count). The number of rotatable bonds is 2. The Morgan fingerprint density at radius 1 is 1.47 bits per heavy atom. The van der Waals surface area contributed by atoms with Crippen LogP contribution >= 0.6 is 0 Å². The lowest BCUT2D eigenvalue weighted by Gasteiger charge is -2.04. The molecule has 5 nitrogen and oxygen atoms in total. The lowest BCUT2D eigenvalue weighted by molar-refractivity contribution is -0.117. The number of benzene rings is 1. The van der Waals surface area contributed by atoms with Gasteiger partial charge < -0.3 is 10.3 Å². The van der Waals surface area contributed by atoms with Crippen molar-refractivity contribution >= 4 is 22.6 Å². The molecule has 0 aliphatic heterocycles. The SMILES string of the molecule is Cn1c(=O)[nH]c2cc(NC(=O)C3CC3)ccc21. The Balaban J connectivity index is 1.95. The molecule has 1 aromatic carbocycles. The molecule has 1 saturated carbocycles. The highest BCUT2D eigenvalue weighted by atomic mass is 16.2. The van der Waals surface area contributed by atoms with E-state index in [2.05, 4.69) is 10.3 Å². The van der Waals surface area contributed by atoms with Crippen molar-refractivity contribution in [1.82, 2.24) is 9.55 Å². The van der Waals surface area contributed by atoms with Gasteiger partial charge in [-0.05, 0) is 31.0 Å². The maximum absolute atomic E-state index is 11.6. The minimum absolute atomic E-state index is 0.0719. The van der Waals surface area contributed by atoms with E-state index >= 15 is 0 Å². The zero-order chi connectivity index (χ0) is 12.0. The summed E-state index contributed by atoms with van der Waals surface area (Å²) in [5, 5.41) is 2.85. The number of anilines is 1. The third-order valence-electron chi connectivity index (χ3n) is 3.12. The summed E-state index contributed by atoms with van der Waals surface area (Å²) in [5.41, 5.74) is 2.16. The van der Waals surface area contributed by atoms with Gasteiger partial charge in [-0.2, -0.15) is 0 Å². The fourth-order valence-electron chi connectivity index (χ4n) is 1.90. The van der Waals surface area contributed by atoms with Crippen molar-refractivity contribution in [2.75, 3.05) is 5.32 Å². The highest BCUT2D eigenvalue weighted by molar-refractivity contribution is 5.95. The van der Waals surface area contributed by atoms with E-state index in [0.29, 0.717) is 0 Å². The van der Waals surface area contributed by atoms with Gasteiger partial charge in [0.1, 0.15) is 0 Å². The van der Waals surface area contributed by atoms with Crippen molar-refractivity contribution in [3.8, 4) is 0 Å². The molecule has 1 aliphatic rings. The minimum atomic E-state index is -0.148. The van der Waals surface area contributed by atoms with Gasteiger partial charge in [-0.3, -0.25) is 9.36 Å². The van der Waals surface area contributed by atoms with E-state index in [1.54, 1.807) is 17.7 Å². The summed E-state index contributed by atoms with van der Waals surface area (Å²) in [5.74, 6) is 0.253. The molecule has 1 fully saturated rings. The Morgan fingerprint density at radius 3 is 2.94 bits per heavy atom. The number of imidazole rings is 1. The van der Waals surface area contributed by atoms with Gasteiger partial charge in [0.15, 0.2) is 0 Å². The van der Waals surface area contributed by atoms with E-state index in [-0.39, 0.29) is 17.5 Å². The van der Waals surface area contributed by atoms with Crippen LogP contribution in [0.15, 0.2) is 23.0 Å². The molecule has 88 valence electrons. The third-order valence-corrected chi connectivity index (χ3v) is 3.12. The second-order valence-electron chi connectivity index (χ2n) is 4.48. The average Bonchev–Trinajstić information content (AvgIpc) is 3.08. The van der Waals surface area contributed by atoms with Gasteiger partial charge in [-0.25, -0.2) is 4.79 Å². The molecule has 0 spiro atoms. The summed E-state index contributed by atoms with van der Waals surface area (Å²) >= 11 is 0. The van der Waals surface area contributed by atoms with Crippen molar-refractivity contribution in [1.29, 1.82) is 0 Å². The summed E-state index contributed by atoms with van der Waals surface area (Å²) < 4.78 is 1.54. The van der Waals surface area contributed by atoms with Gasteiger partial charge in [-0.1, -0.05) is 0 Å². The number of aryl methyl sites for hydroxylation is 1. The molecular weight excluding hydrogens is 218 g/mol. The Hall–Kier alpha value is -2.04. The first kappa shape index (κ1) is 10.1. The van der Waals surface area contributed by atoms with E-state index < -0.39 is 0 Å². The quantitative estimate of drug-likeness (QED) is 0.816. The monoisotopic (exact) mass is 231 g/mol. The zero-order valence-electron chi connectivity index (χ0n) is 9.49. The maximum atomic E-state index is 11.6. The van der Waals surface area contributed by atoms with Gasteiger partial charge in [0.2, 0.25) is 5.91 Å². The first-order chi connectivity index (χ1) is 8.15. The predicted molar refractivity (Wildman–Crippen MR) is 64.9 cm³/mol. The fourth-order valence-corrected chi connectivity index (χ4v) is 1.90. The van der Waals surface area contributed by atoms with E-state index in [9.17, 15) is 9.59 Å². The van der Waals surface area contributed by atoms with E-state index in [0.717, 1.165) is 29.6 Å². The highest BCUT2D eigenvalue weighted by Crippen LogP contribution is 2.30. The summed E-state index contributed by atoms with van der Waals surface area (Å²) in [6.07, 6.45) is 1.96. The number of aromatic nitrogens is 2. The smallest absolute Gasteiger partial charge is 0.326 e. The number of H-pyrrole nitrogens is 1. The number of fused-ring (bicyclic) bond motifs is 1. The van der Waals surface area contributed by atoms with Crippen molar-refractivity contribution in [2.24, 2.45) is 13.0 Å². The van der Waals surface area contributed by atoms with Gasteiger partial charge >= 0.3 is 5.69 Å². The number of carbonyl (C=O) groups is 1. The number of carbonyl (C=O) groups excluding carboxylic acids is 1. The highest BCUT2D eigenvalue weighted by Gasteiger charge is 2.29. The molecular formula is C12H13N3O2. The summed E-state index contributed by atoms with van der Waals surface area (Å²) in [7, 11) is 1.71. The molecule has 17 heavy (non-hydrogen) atoms. The molecule has 2 N–H and O–H groups in total. The van der Waals surface area contributed by atoms with Gasteiger partial charge in [0, 0.05) is 18.7 Å². The number of amides is 1.